The Morgan fingerprint density at radius 1 is 1.19 bits per heavy atom. The van der Waals surface area contributed by atoms with E-state index in [9.17, 15) is 4.79 Å². The van der Waals surface area contributed by atoms with Gasteiger partial charge >= 0.3 is 0 Å². The van der Waals surface area contributed by atoms with Crippen LogP contribution >= 0.6 is 12.2 Å². The predicted octanol–water partition coefficient (Wildman–Crippen LogP) is 2.97. The summed E-state index contributed by atoms with van der Waals surface area (Å²) in [6.45, 7) is 0. The van der Waals surface area contributed by atoms with Gasteiger partial charge in [0.15, 0.2) is 0 Å². The molecule has 0 saturated heterocycles. The number of hydrogen-bond acceptors (Lipinski definition) is 2. The Morgan fingerprint density at radius 3 is 2.38 bits per heavy atom. The largest absolute Gasteiger partial charge is 0.393 e. The first kappa shape index (κ1) is 16.0. The van der Waals surface area contributed by atoms with Gasteiger partial charge in [0.25, 0.3) is 0 Å². The molecular formula is C17H24N2OS. The number of hydrogen-bond donors (Lipinski definition) is 2. The maximum absolute atomic E-state index is 12.5. The van der Waals surface area contributed by atoms with Crippen molar-refractivity contribution in [2.24, 2.45) is 11.7 Å². The van der Waals surface area contributed by atoms with E-state index in [4.69, 9.17) is 18.0 Å². The molecule has 1 fully saturated rings. The Labute approximate surface area is 132 Å². The van der Waals surface area contributed by atoms with Crippen LogP contribution in [-0.4, -0.2) is 16.9 Å². The standard InChI is InChI=1S/C17H24N2OS/c18-16(21)15(12-13-8-4-3-5-9-13)17(20)19-14-10-6-1-2-7-11-14/h3-5,8-9,14-15H,1-2,6-7,10-12H2,(H2,18,21)(H,19,20). The molecule has 0 heterocycles. The highest BCUT2D eigenvalue weighted by Gasteiger charge is 2.24. The summed E-state index contributed by atoms with van der Waals surface area (Å²) in [5.74, 6) is -0.427. The quantitative estimate of drug-likeness (QED) is 0.649. The molecular weight excluding hydrogens is 280 g/mol. The first-order chi connectivity index (χ1) is 10.2. The highest BCUT2D eigenvalue weighted by Crippen LogP contribution is 2.18. The maximum Gasteiger partial charge on any atom is 0.230 e. The lowest BCUT2D eigenvalue weighted by Gasteiger charge is -2.21. The second kappa shape index (κ2) is 8.13. The number of carbonyl (C=O) groups is 1. The van der Waals surface area contributed by atoms with Crippen molar-refractivity contribution in [1.82, 2.24) is 5.32 Å². The van der Waals surface area contributed by atoms with Gasteiger partial charge in [0.05, 0.1) is 10.9 Å². The van der Waals surface area contributed by atoms with E-state index in [2.05, 4.69) is 5.32 Å². The minimum Gasteiger partial charge on any atom is -0.393 e. The van der Waals surface area contributed by atoms with Gasteiger partial charge in [-0.3, -0.25) is 4.79 Å². The third-order valence-corrected chi connectivity index (χ3v) is 4.43. The summed E-state index contributed by atoms with van der Waals surface area (Å²) in [5, 5.41) is 3.15. The van der Waals surface area contributed by atoms with Gasteiger partial charge in [-0.15, -0.1) is 0 Å². The van der Waals surface area contributed by atoms with E-state index in [1.165, 1.54) is 25.7 Å². The summed E-state index contributed by atoms with van der Waals surface area (Å²) in [5.41, 5.74) is 6.88. The van der Waals surface area contributed by atoms with Crippen molar-refractivity contribution in [3.05, 3.63) is 35.9 Å². The maximum atomic E-state index is 12.5. The molecule has 1 saturated carbocycles. The van der Waals surface area contributed by atoms with E-state index in [0.717, 1.165) is 18.4 Å². The number of carbonyl (C=O) groups excluding carboxylic acids is 1. The fourth-order valence-corrected chi connectivity index (χ4v) is 3.09. The molecule has 0 bridgehead atoms. The number of benzene rings is 1. The molecule has 0 radical (unpaired) electrons. The Kier molecular flexibility index (Phi) is 6.18. The molecule has 1 aromatic carbocycles. The normalized spacial score (nSPS) is 17.7. The fourth-order valence-electron chi connectivity index (χ4n) is 2.90. The Hall–Kier alpha value is -1.42. The molecule has 2 rings (SSSR count). The van der Waals surface area contributed by atoms with Crippen molar-refractivity contribution in [1.29, 1.82) is 0 Å². The van der Waals surface area contributed by atoms with E-state index >= 15 is 0 Å². The zero-order chi connectivity index (χ0) is 15.1. The zero-order valence-electron chi connectivity index (χ0n) is 12.4. The summed E-state index contributed by atoms with van der Waals surface area (Å²) in [4.78, 5) is 12.8. The van der Waals surface area contributed by atoms with Crippen LogP contribution in [0.15, 0.2) is 30.3 Å². The Morgan fingerprint density at radius 2 is 1.81 bits per heavy atom. The van der Waals surface area contributed by atoms with Gasteiger partial charge < -0.3 is 11.1 Å². The number of amides is 1. The molecule has 1 atom stereocenters. The minimum absolute atomic E-state index is 0.0155. The Bertz CT molecular complexity index is 467. The molecule has 0 aliphatic heterocycles. The minimum atomic E-state index is -0.411. The van der Waals surface area contributed by atoms with E-state index in [0.29, 0.717) is 6.42 Å². The molecule has 3 nitrogen and oxygen atoms in total. The fraction of sp³-hybridized carbons (Fsp3) is 0.529. The van der Waals surface area contributed by atoms with E-state index in [-0.39, 0.29) is 16.9 Å². The van der Waals surface area contributed by atoms with E-state index < -0.39 is 5.92 Å². The van der Waals surface area contributed by atoms with E-state index in [1.807, 2.05) is 30.3 Å². The summed E-state index contributed by atoms with van der Waals surface area (Å²) in [6, 6.07) is 10.2. The average Bonchev–Trinajstić information content (AvgIpc) is 2.74. The average molecular weight is 304 g/mol. The summed E-state index contributed by atoms with van der Waals surface area (Å²) in [7, 11) is 0. The van der Waals surface area contributed by atoms with Gasteiger partial charge in [0.1, 0.15) is 0 Å². The van der Waals surface area contributed by atoms with Crippen LogP contribution < -0.4 is 11.1 Å². The summed E-state index contributed by atoms with van der Waals surface area (Å²) in [6.07, 6.45) is 7.66. The molecule has 4 heteroatoms. The van der Waals surface area contributed by atoms with Crippen LogP contribution in [-0.2, 0) is 11.2 Å². The lowest BCUT2D eigenvalue weighted by atomic mass is 9.97. The van der Waals surface area contributed by atoms with Crippen molar-refractivity contribution >= 4 is 23.1 Å². The van der Waals surface area contributed by atoms with Crippen LogP contribution in [0.2, 0.25) is 0 Å². The number of rotatable bonds is 5. The monoisotopic (exact) mass is 304 g/mol. The second-order valence-electron chi connectivity index (χ2n) is 5.84. The van der Waals surface area contributed by atoms with Crippen LogP contribution in [0.25, 0.3) is 0 Å². The molecule has 3 N–H and O–H groups in total. The van der Waals surface area contributed by atoms with Crippen LogP contribution in [0.4, 0.5) is 0 Å². The number of nitrogens with one attached hydrogen (secondary N) is 1. The van der Waals surface area contributed by atoms with Gasteiger partial charge in [-0.2, -0.15) is 0 Å². The molecule has 1 aliphatic rings. The van der Waals surface area contributed by atoms with Gasteiger partial charge in [-0.25, -0.2) is 0 Å². The van der Waals surface area contributed by atoms with Gasteiger partial charge in [0.2, 0.25) is 5.91 Å². The molecule has 0 aromatic heterocycles. The molecule has 1 unspecified atom stereocenters. The molecule has 21 heavy (non-hydrogen) atoms. The summed E-state index contributed by atoms with van der Waals surface area (Å²) >= 11 is 5.10. The molecule has 1 aromatic rings. The van der Waals surface area contributed by atoms with Crippen LogP contribution in [0, 0.1) is 5.92 Å². The van der Waals surface area contributed by atoms with Crippen LogP contribution in [0.1, 0.15) is 44.1 Å². The lowest BCUT2D eigenvalue weighted by molar-refractivity contribution is -0.123. The van der Waals surface area contributed by atoms with Gasteiger partial charge in [-0.05, 0) is 24.8 Å². The van der Waals surface area contributed by atoms with Crippen molar-refractivity contribution in [3.8, 4) is 0 Å². The van der Waals surface area contributed by atoms with Crippen molar-refractivity contribution in [3.63, 3.8) is 0 Å². The van der Waals surface area contributed by atoms with E-state index in [1.54, 1.807) is 0 Å². The lowest BCUT2D eigenvalue weighted by Crippen LogP contribution is -2.43. The zero-order valence-corrected chi connectivity index (χ0v) is 13.2. The van der Waals surface area contributed by atoms with Crippen molar-refractivity contribution in [2.45, 2.75) is 51.0 Å². The third kappa shape index (κ3) is 5.12. The number of thiocarbonyl (C=S) groups is 1. The predicted molar refractivity (Wildman–Crippen MR) is 90.1 cm³/mol. The SMILES string of the molecule is NC(=S)C(Cc1ccccc1)C(=O)NC1CCCCCC1. The second-order valence-corrected chi connectivity index (χ2v) is 6.31. The summed E-state index contributed by atoms with van der Waals surface area (Å²) < 4.78 is 0. The smallest absolute Gasteiger partial charge is 0.230 e. The Balaban J connectivity index is 1.96. The molecule has 114 valence electrons. The highest BCUT2D eigenvalue weighted by molar-refractivity contribution is 7.80. The van der Waals surface area contributed by atoms with Crippen molar-refractivity contribution < 1.29 is 4.79 Å². The topological polar surface area (TPSA) is 55.1 Å². The van der Waals surface area contributed by atoms with Crippen molar-refractivity contribution in [2.75, 3.05) is 0 Å². The molecule has 0 spiro atoms. The first-order valence-corrected chi connectivity index (χ1v) is 8.21. The number of nitrogens with two attached hydrogens (primary N) is 1. The molecule has 1 aliphatic carbocycles. The van der Waals surface area contributed by atoms with Gasteiger partial charge in [0, 0.05) is 6.04 Å². The first-order valence-electron chi connectivity index (χ1n) is 7.80. The third-order valence-electron chi connectivity index (χ3n) is 4.14. The van der Waals surface area contributed by atoms with Crippen LogP contribution in [0.5, 0.6) is 0 Å². The molecule has 1 amide bonds. The highest BCUT2D eigenvalue weighted by atomic mass is 32.1. The van der Waals surface area contributed by atoms with Crippen LogP contribution in [0.3, 0.4) is 0 Å². The van der Waals surface area contributed by atoms with Gasteiger partial charge in [-0.1, -0.05) is 68.2 Å².